The van der Waals surface area contributed by atoms with E-state index in [-0.39, 0.29) is 30.1 Å². The van der Waals surface area contributed by atoms with Gasteiger partial charge in [-0.3, -0.25) is 4.99 Å². The number of rotatable bonds is 8. The van der Waals surface area contributed by atoms with E-state index in [1.807, 2.05) is 29.1 Å². The minimum absolute atomic E-state index is 0. The van der Waals surface area contributed by atoms with Gasteiger partial charge in [0.05, 0.1) is 18.9 Å². The molecule has 0 spiro atoms. The lowest BCUT2D eigenvalue weighted by Crippen LogP contribution is -2.36. The van der Waals surface area contributed by atoms with Gasteiger partial charge < -0.3 is 20.1 Å². The van der Waals surface area contributed by atoms with Crippen molar-refractivity contribution in [1.82, 2.24) is 20.4 Å². The van der Waals surface area contributed by atoms with E-state index in [1.165, 1.54) is 12.8 Å². The van der Waals surface area contributed by atoms with E-state index < -0.39 is 0 Å². The summed E-state index contributed by atoms with van der Waals surface area (Å²) in [6.45, 7) is 1.26. The maximum atomic E-state index is 6.33. The van der Waals surface area contributed by atoms with Crippen molar-refractivity contribution in [3.05, 3.63) is 72.1 Å². The average Bonchev–Trinajstić information content (AvgIpc) is 3.55. The van der Waals surface area contributed by atoms with Crippen LogP contribution in [0.4, 0.5) is 0 Å². The molecule has 1 aliphatic rings. The van der Waals surface area contributed by atoms with E-state index in [2.05, 4.69) is 51.1 Å². The third kappa shape index (κ3) is 6.63. The molecular weight excluding hydrogens is 529 g/mol. The number of ether oxygens (including phenoxy) is 2. The Morgan fingerprint density at radius 2 is 1.82 bits per heavy atom. The van der Waals surface area contributed by atoms with Crippen molar-refractivity contribution in [2.24, 2.45) is 4.99 Å². The summed E-state index contributed by atoms with van der Waals surface area (Å²) >= 11 is 0. The van der Waals surface area contributed by atoms with Crippen LogP contribution in [0.2, 0.25) is 0 Å². The lowest BCUT2D eigenvalue weighted by atomic mass is 10.1. The number of aliphatic imine (C=N–C) groups is 1. The van der Waals surface area contributed by atoms with Crippen molar-refractivity contribution in [2.75, 3.05) is 14.2 Å². The second kappa shape index (κ2) is 12.5. The SMILES string of the molecule is CN=C(NCc1ccc(-n2cccn2)cc1)NCc1cccc(OC)c1OC1CCCC1.I. The number of para-hydroxylation sites is 1. The van der Waals surface area contributed by atoms with Crippen LogP contribution in [0.3, 0.4) is 0 Å². The molecule has 0 amide bonds. The predicted octanol–water partition coefficient (Wildman–Crippen LogP) is 4.69. The monoisotopic (exact) mass is 561 g/mol. The third-order valence-corrected chi connectivity index (χ3v) is 5.70. The van der Waals surface area contributed by atoms with Gasteiger partial charge in [0.25, 0.3) is 0 Å². The van der Waals surface area contributed by atoms with E-state index in [4.69, 9.17) is 9.47 Å². The van der Waals surface area contributed by atoms with Gasteiger partial charge in [-0.05, 0) is 55.5 Å². The lowest BCUT2D eigenvalue weighted by molar-refractivity contribution is 0.198. The molecule has 1 aromatic heterocycles. The molecule has 33 heavy (non-hydrogen) atoms. The molecule has 7 nitrogen and oxygen atoms in total. The number of methoxy groups -OCH3 is 1. The summed E-state index contributed by atoms with van der Waals surface area (Å²) in [5.41, 5.74) is 3.26. The highest BCUT2D eigenvalue weighted by atomic mass is 127. The van der Waals surface area contributed by atoms with Crippen LogP contribution in [0.5, 0.6) is 11.5 Å². The molecule has 1 aliphatic carbocycles. The summed E-state index contributed by atoms with van der Waals surface area (Å²) in [6.07, 6.45) is 8.65. The minimum Gasteiger partial charge on any atom is -0.493 e. The van der Waals surface area contributed by atoms with Gasteiger partial charge in [-0.25, -0.2) is 4.68 Å². The number of nitrogens with one attached hydrogen (secondary N) is 2. The number of aromatic nitrogens is 2. The van der Waals surface area contributed by atoms with Crippen LogP contribution in [0.1, 0.15) is 36.8 Å². The molecule has 0 atom stereocenters. The smallest absolute Gasteiger partial charge is 0.191 e. The molecule has 8 heteroatoms. The van der Waals surface area contributed by atoms with Gasteiger partial charge in [0.1, 0.15) is 0 Å². The van der Waals surface area contributed by atoms with Gasteiger partial charge in [-0.15, -0.1) is 24.0 Å². The van der Waals surface area contributed by atoms with Crippen LogP contribution in [-0.2, 0) is 13.1 Å². The maximum Gasteiger partial charge on any atom is 0.191 e. The summed E-state index contributed by atoms with van der Waals surface area (Å²) in [5.74, 6) is 2.34. The van der Waals surface area contributed by atoms with Crippen LogP contribution in [-0.4, -0.2) is 36.0 Å². The van der Waals surface area contributed by atoms with E-state index >= 15 is 0 Å². The van der Waals surface area contributed by atoms with Crippen molar-refractivity contribution in [1.29, 1.82) is 0 Å². The fourth-order valence-electron chi connectivity index (χ4n) is 3.94. The topological polar surface area (TPSA) is 72.7 Å². The second-order valence-corrected chi connectivity index (χ2v) is 7.87. The normalized spacial score (nSPS) is 13.9. The number of benzene rings is 2. The summed E-state index contributed by atoms with van der Waals surface area (Å²) in [5, 5.41) is 11.0. The predicted molar refractivity (Wildman–Crippen MR) is 142 cm³/mol. The minimum atomic E-state index is 0. The van der Waals surface area contributed by atoms with Crippen LogP contribution in [0, 0.1) is 0 Å². The Morgan fingerprint density at radius 1 is 1.06 bits per heavy atom. The second-order valence-electron chi connectivity index (χ2n) is 7.87. The van der Waals surface area contributed by atoms with Gasteiger partial charge in [0.2, 0.25) is 0 Å². The Labute approximate surface area is 212 Å². The maximum absolute atomic E-state index is 6.33. The van der Waals surface area contributed by atoms with Crippen LogP contribution >= 0.6 is 24.0 Å². The first kappa shape index (κ1) is 24.9. The molecule has 0 bridgehead atoms. The van der Waals surface area contributed by atoms with Crippen molar-refractivity contribution < 1.29 is 9.47 Å². The average molecular weight is 561 g/mol. The molecule has 1 heterocycles. The van der Waals surface area contributed by atoms with E-state index in [1.54, 1.807) is 20.4 Å². The lowest BCUT2D eigenvalue weighted by Gasteiger charge is -2.20. The van der Waals surface area contributed by atoms with Crippen LogP contribution in [0.15, 0.2) is 65.9 Å². The fourth-order valence-corrected chi connectivity index (χ4v) is 3.94. The number of guanidine groups is 1. The van der Waals surface area contributed by atoms with Gasteiger partial charge >= 0.3 is 0 Å². The number of hydrogen-bond acceptors (Lipinski definition) is 4. The molecule has 0 aliphatic heterocycles. The zero-order valence-corrected chi connectivity index (χ0v) is 21.5. The first-order chi connectivity index (χ1) is 15.8. The molecule has 1 fully saturated rings. The van der Waals surface area contributed by atoms with E-state index in [9.17, 15) is 0 Å². The Hall–Kier alpha value is -2.75. The Bertz CT molecular complexity index is 1020. The quantitative estimate of drug-likeness (QED) is 0.237. The molecule has 3 aromatic rings. The molecule has 0 unspecified atom stereocenters. The van der Waals surface area contributed by atoms with Gasteiger partial charge in [0, 0.05) is 38.1 Å². The molecule has 0 saturated heterocycles. The third-order valence-electron chi connectivity index (χ3n) is 5.70. The van der Waals surface area contributed by atoms with Crippen molar-refractivity contribution >= 4 is 29.9 Å². The van der Waals surface area contributed by atoms with E-state index in [0.717, 1.165) is 47.1 Å². The van der Waals surface area contributed by atoms with Crippen molar-refractivity contribution in [3.63, 3.8) is 0 Å². The standard InChI is InChI=1S/C25H31N5O2.HI/c1-26-25(27-17-19-11-13-21(14-12-19)30-16-6-15-29-30)28-18-20-7-5-10-23(31-2)24(20)32-22-8-3-4-9-22;/h5-7,10-16,22H,3-4,8-9,17-18H2,1-2H3,(H2,26,27,28);1H. The Morgan fingerprint density at radius 3 is 2.48 bits per heavy atom. The van der Waals surface area contributed by atoms with Crippen molar-refractivity contribution in [2.45, 2.75) is 44.9 Å². The summed E-state index contributed by atoms with van der Waals surface area (Å²) < 4.78 is 13.7. The van der Waals surface area contributed by atoms with Gasteiger partial charge in [0.15, 0.2) is 17.5 Å². The van der Waals surface area contributed by atoms with Crippen LogP contribution in [0.25, 0.3) is 5.69 Å². The van der Waals surface area contributed by atoms with Crippen molar-refractivity contribution in [3.8, 4) is 17.2 Å². The molecule has 176 valence electrons. The number of halogens is 1. The first-order valence-corrected chi connectivity index (χ1v) is 11.1. The highest BCUT2D eigenvalue weighted by Gasteiger charge is 2.20. The zero-order valence-electron chi connectivity index (χ0n) is 19.2. The van der Waals surface area contributed by atoms with E-state index in [0.29, 0.717) is 13.1 Å². The molecule has 2 aromatic carbocycles. The molecule has 2 N–H and O–H groups in total. The summed E-state index contributed by atoms with van der Waals surface area (Å²) in [6, 6.07) is 16.2. The van der Waals surface area contributed by atoms with Crippen LogP contribution < -0.4 is 20.1 Å². The Balaban J connectivity index is 0.00000306. The number of nitrogens with zero attached hydrogens (tertiary/aromatic N) is 3. The molecular formula is C25H32IN5O2. The molecule has 4 rings (SSSR count). The van der Waals surface area contributed by atoms with Gasteiger partial charge in [-0.1, -0.05) is 24.3 Å². The zero-order chi connectivity index (χ0) is 22.2. The number of hydrogen-bond donors (Lipinski definition) is 2. The fraction of sp³-hybridized carbons (Fsp3) is 0.360. The largest absolute Gasteiger partial charge is 0.493 e. The Kier molecular flexibility index (Phi) is 9.41. The summed E-state index contributed by atoms with van der Waals surface area (Å²) in [7, 11) is 3.46. The highest BCUT2D eigenvalue weighted by molar-refractivity contribution is 14.0. The first-order valence-electron chi connectivity index (χ1n) is 11.1. The van der Waals surface area contributed by atoms with Gasteiger partial charge in [-0.2, -0.15) is 5.10 Å². The highest BCUT2D eigenvalue weighted by Crippen LogP contribution is 2.34. The summed E-state index contributed by atoms with van der Waals surface area (Å²) in [4.78, 5) is 4.36. The molecule has 1 saturated carbocycles. The molecule has 0 radical (unpaired) electrons.